The summed E-state index contributed by atoms with van der Waals surface area (Å²) in [4.78, 5) is 0. The number of nitrogens with one attached hydrogen (secondary N) is 1. The smallest absolute Gasteiger partial charge is 0.0534 e. The van der Waals surface area contributed by atoms with Gasteiger partial charge >= 0.3 is 0 Å². The minimum absolute atomic E-state index is 0.371. The van der Waals surface area contributed by atoms with Gasteiger partial charge in [0.25, 0.3) is 0 Å². The highest BCUT2D eigenvalue weighted by Gasteiger charge is 2.11. The van der Waals surface area contributed by atoms with E-state index in [4.69, 9.17) is 0 Å². The zero-order valence-electron chi connectivity index (χ0n) is 12.3. The summed E-state index contributed by atoms with van der Waals surface area (Å²) in [5.41, 5.74) is 5.50. The molecule has 1 N–H and O–H groups in total. The van der Waals surface area contributed by atoms with E-state index in [0.29, 0.717) is 6.04 Å². The summed E-state index contributed by atoms with van der Waals surface area (Å²) in [6.45, 7) is 10.6. The molecule has 1 aromatic carbocycles. The monoisotopic (exact) mass is 257 g/mol. The summed E-state index contributed by atoms with van der Waals surface area (Å²) in [7, 11) is 0. The van der Waals surface area contributed by atoms with Crippen molar-refractivity contribution in [3.63, 3.8) is 0 Å². The van der Waals surface area contributed by atoms with Gasteiger partial charge in [-0.25, -0.2) is 0 Å². The predicted molar refractivity (Wildman–Crippen MR) is 79.3 cm³/mol. The molecule has 1 atom stereocenters. The van der Waals surface area contributed by atoms with Crippen LogP contribution in [0.5, 0.6) is 0 Å². The van der Waals surface area contributed by atoms with Gasteiger partial charge in [0.05, 0.1) is 6.54 Å². The lowest BCUT2D eigenvalue weighted by Crippen LogP contribution is -2.24. The van der Waals surface area contributed by atoms with Crippen molar-refractivity contribution in [2.45, 2.75) is 40.3 Å². The molecule has 0 bridgehead atoms. The van der Waals surface area contributed by atoms with Crippen LogP contribution < -0.4 is 5.32 Å². The summed E-state index contributed by atoms with van der Waals surface area (Å²) in [6, 6.07) is 6.84. The topological polar surface area (TPSA) is 29.9 Å². The number of rotatable bonds is 5. The maximum atomic E-state index is 4.21. The van der Waals surface area contributed by atoms with Gasteiger partial charge in [0.15, 0.2) is 0 Å². The van der Waals surface area contributed by atoms with Gasteiger partial charge in [-0.3, -0.25) is 4.68 Å². The lowest BCUT2D eigenvalue weighted by Gasteiger charge is -2.20. The highest BCUT2D eigenvalue weighted by atomic mass is 15.3. The average Bonchev–Trinajstić information content (AvgIpc) is 2.80. The third-order valence-electron chi connectivity index (χ3n) is 3.52. The molecule has 1 unspecified atom stereocenters. The van der Waals surface area contributed by atoms with Crippen LogP contribution in [0.25, 0.3) is 0 Å². The van der Waals surface area contributed by atoms with Gasteiger partial charge in [-0.15, -0.1) is 0 Å². The van der Waals surface area contributed by atoms with Crippen molar-refractivity contribution in [3.05, 3.63) is 52.8 Å². The number of hydrogen-bond acceptors (Lipinski definition) is 2. The van der Waals surface area contributed by atoms with Gasteiger partial charge in [-0.05, 0) is 50.5 Å². The molecule has 0 saturated heterocycles. The predicted octanol–water partition coefficient (Wildman–Crippen LogP) is 3.16. The molecule has 3 nitrogen and oxygen atoms in total. The van der Waals surface area contributed by atoms with Crippen molar-refractivity contribution < 1.29 is 0 Å². The first kappa shape index (κ1) is 13.8. The molecule has 0 saturated carbocycles. The standard InChI is InChI=1S/C16H23N3/c1-12-10-13(2)16(14(3)11-12)15(4)17-7-9-19-8-5-6-18-19/h5-6,8,10-11,15,17H,7,9H2,1-4H3. The van der Waals surface area contributed by atoms with E-state index in [9.17, 15) is 0 Å². The van der Waals surface area contributed by atoms with Crippen LogP contribution in [0.15, 0.2) is 30.6 Å². The normalized spacial score (nSPS) is 12.6. The fraction of sp³-hybridized carbons (Fsp3) is 0.438. The van der Waals surface area contributed by atoms with Crippen LogP contribution in [0.3, 0.4) is 0 Å². The van der Waals surface area contributed by atoms with E-state index in [1.807, 2.05) is 23.1 Å². The van der Waals surface area contributed by atoms with E-state index in [-0.39, 0.29) is 0 Å². The van der Waals surface area contributed by atoms with Crippen LogP contribution in [0.1, 0.15) is 35.2 Å². The number of aromatic nitrogens is 2. The lowest BCUT2D eigenvalue weighted by molar-refractivity contribution is 0.505. The van der Waals surface area contributed by atoms with Gasteiger partial charge in [-0.2, -0.15) is 5.10 Å². The Balaban J connectivity index is 1.98. The van der Waals surface area contributed by atoms with Crippen LogP contribution >= 0.6 is 0 Å². The van der Waals surface area contributed by atoms with Crippen molar-refractivity contribution in [3.8, 4) is 0 Å². The Morgan fingerprint density at radius 1 is 1.21 bits per heavy atom. The van der Waals surface area contributed by atoms with E-state index in [0.717, 1.165) is 13.1 Å². The van der Waals surface area contributed by atoms with E-state index in [2.05, 4.69) is 50.2 Å². The van der Waals surface area contributed by atoms with E-state index < -0.39 is 0 Å². The van der Waals surface area contributed by atoms with Crippen molar-refractivity contribution in [2.24, 2.45) is 0 Å². The molecule has 0 aliphatic carbocycles. The number of benzene rings is 1. The maximum absolute atomic E-state index is 4.21. The zero-order chi connectivity index (χ0) is 13.8. The van der Waals surface area contributed by atoms with Crippen LogP contribution in [0.4, 0.5) is 0 Å². The Labute approximate surface area is 115 Å². The molecule has 0 spiro atoms. The number of hydrogen-bond donors (Lipinski definition) is 1. The fourth-order valence-electron chi connectivity index (χ4n) is 2.80. The Hall–Kier alpha value is -1.61. The molecule has 2 aromatic rings. The lowest BCUT2D eigenvalue weighted by atomic mass is 9.95. The third kappa shape index (κ3) is 3.44. The number of nitrogens with zero attached hydrogens (tertiary/aromatic N) is 2. The molecule has 3 heteroatoms. The van der Waals surface area contributed by atoms with E-state index >= 15 is 0 Å². The van der Waals surface area contributed by atoms with Gasteiger partial charge in [-0.1, -0.05) is 17.7 Å². The Morgan fingerprint density at radius 2 is 1.89 bits per heavy atom. The average molecular weight is 257 g/mol. The molecule has 0 amide bonds. The molecule has 0 fully saturated rings. The summed E-state index contributed by atoms with van der Waals surface area (Å²) >= 11 is 0. The Morgan fingerprint density at radius 3 is 2.47 bits per heavy atom. The highest BCUT2D eigenvalue weighted by molar-refractivity contribution is 5.39. The summed E-state index contributed by atoms with van der Waals surface area (Å²) in [5, 5.41) is 7.79. The molecule has 1 heterocycles. The highest BCUT2D eigenvalue weighted by Crippen LogP contribution is 2.23. The second-order valence-electron chi connectivity index (χ2n) is 5.26. The molecule has 0 aliphatic heterocycles. The quantitative estimate of drug-likeness (QED) is 0.891. The van der Waals surface area contributed by atoms with Gasteiger partial charge in [0, 0.05) is 25.0 Å². The van der Waals surface area contributed by atoms with E-state index in [1.165, 1.54) is 22.3 Å². The summed E-state index contributed by atoms with van der Waals surface area (Å²) in [6.07, 6.45) is 3.81. The van der Waals surface area contributed by atoms with Crippen molar-refractivity contribution in [1.82, 2.24) is 15.1 Å². The second kappa shape index (κ2) is 6.02. The molecule has 19 heavy (non-hydrogen) atoms. The summed E-state index contributed by atoms with van der Waals surface area (Å²) in [5.74, 6) is 0. The molecule has 0 radical (unpaired) electrons. The first-order valence-corrected chi connectivity index (χ1v) is 6.86. The van der Waals surface area contributed by atoms with Gasteiger partial charge < -0.3 is 5.32 Å². The first-order valence-electron chi connectivity index (χ1n) is 6.86. The minimum atomic E-state index is 0.371. The second-order valence-corrected chi connectivity index (χ2v) is 5.26. The van der Waals surface area contributed by atoms with Gasteiger partial charge in [0.1, 0.15) is 0 Å². The first-order chi connectivity index (χ1) is 9.08. The van der Waals surface area contributed by atoms with Crippen molar-refractivity contribution >= 4 is 0 Å². The largest absolute Gasteiger partial charge is 0.308 e. The molecule has 0 aliphatic rings. The van der Waals surface area contributed by atoms with Crippen LogP contribution in [-0.2, 0) is 6.54 Å². The molecule has 2 rings (SSSR count). The summed E-state index contributed by atoms with van der Waals surface area (Å²) < 4.78 is 1.95. The molecule has 1 aromatic heterocycles. The SMILES string of the molecule is Cc1cc(C)c(C(C)NCCn2cccn2)c(C)c1. The van der Waals surface area contributed by atoms with Crippen molar-refractivity contribution in [2.75, 3.05) is 6.54 Å². The van der Waals surface area contributed by atoms with Crippen molar-refractivity contribution in [1.29, 1.82) is 0 Å². The van der Waals surface area contributed by atoms with E-state index in [1.54, 1.807) is 0 Å². The Kier molecular flexibility index (Phi) is 4.38. The maximum Gasteiger partial charge on any atom is 0.0534 e. The molecular weight excluding hydrogens is 234 g/mol. The molecule has 102 valence electrons. The van der Waals surface area contributed by atoms with Crippen LogP contribution in [0, 0.1) is 20.8 Å². The Bertz CT molecular complexity index is 506. The zero-order valence-corrected chi connectivity index (χ0v) is 12.3. The third-order valence-corrected chi connectivity index (χ3v) is 3.52. The number of aryl methyl sites for hydroxylation is 3. The van der Waals surface area contributed by atoms with Crippen LogP contribution in [0.2, 0.25) is 0 Å². The molecular formula is C16H23N3. The van der Waals surface area contributed by atoms with Crippen LogP contribution in [-0.4, -0.2) is 16.3 Å². The van der Waals surface area contributed by atoms with Gasteiger partial charge in [0.2, 0.25) is 0 Å². The fourth-order valence-corrected chi connectivity index (χ4v) is 2.80. The minimum Gasteiger partial charge on any atom is -0.308 e.